The van der Waals surface area contributed by atoms with E-state index in [-0.39, 0.29) is 0 Å². The summed E-state index contributed by atoms with van der Waals surface area (Å²) in [5.41, 5.74) is 7.09. The number of fused-ring (bicyclic) bond motifs is 3. The first-order valence-electron chi connectivity index (χ1n) is 7.68. The standard InChI is InChI=1S/C19H20N2/c1-14-7-8-18-16(11-14)17-12-20-10-9-19(17)21(18)13-15-5-3-2-4-6-15/h2-8,11,20H,9-10,12-13H2,1H3. The lowest BCUT2D eigenvalue weighted by Crippen LogP contribution is -2.24. The van der Waals surface area contributed by atoms with Crippen LogP contribution in [0, 0.1) is 6.92 Å². The van der Waals surface area contributed by atoms with E-state index in [1.54, 1.807) is 0 Å². The molecule has 21 heavy (non-hydrogen) atoms. The first kappa shape index (κ1) is 12.7. The fraction of sp³-hybridized carbons (Fsp3) is 0.263. The molecule has 3 aromatic rings. The third-order valence-electron chi connectivity index (χ3n) is 4.47. The van der Waals surface area contributed by atoms with E-state index in [2.05, 4.69) is 65.3 Å². The van der Waals surface area contributed by atoms with Crippen molar-refractivity contribution in [3.8, 4) is 0 Å². The molecule has 0 bridgehead atoms. The third kappa shape index (κ3) is 2.16. The van der Waals surface area contributed by atoms with Crippen molar-refractivity contribution in [1.82, 2.24) is 9.88 Å². The molecule has 2 heterocycles. The Hall–Kier alpha value is -2.06. The summed E-state index contributed by atoms with van der Waals surface area (Å²) in [5.74, 6) is 0. The first-order chi connectivity index (χ1) is 10.3. The van der Waals surface area contributed by atoms with Crippen molar-refractivity contribution in [1.29, 1.82) is 0 Å². The Bertz CT molecular complexity index is 784. The molecule has 1 aliphatic heterocycles. The zero-order valence-electron chi connectivity index (χ0n) is 12.4. The lowest BCUT2D eigenvalue weighted by Gasteiger charge is -2.17. The average Bonchev–Trinajstić information content (AvgIpc) is 2.82. The van der Waals surface area contributed by atoms with Gasteiger partial charge in [0.15, 0.2) is 0 Å². The Kier molecular flexibility index (Phi) is 3.04. The summed E-state index contributed by atoms with van der Waals surface area (Å²) in [4.78, 5) is 0. The predicted molar refractivity (Wildman–Crippen MR) is 87.6 cm³/mol. The highest BCUT2D eigenvalue weighted by atomic mass is 15.0. The van der Waals surface area contributed by atoms with Crippen molar-refractivity contribution in [2.24, 2.45) is 0 Å². The van der Waals surface area contributed by atoms with E-state index in [9.17, 15) is 0 Å². The SMILES string of the molecule is Cc1ccc2c(c1)c1c(n2Cc2ccccc2)CCNC1. The zero-order valence-corrected chi connectivity index (χ0v) is 12.4. The third-order valence-corrected chi connectivity index (χ3v) is 4.47. The molecule has 0 fully saturated rings. The van der Waals surface area contributed by atoms with Crippen LogP contribution < -0.4 is 5.32 Å². The van der Waals surface area contributed by atoms with Crippen LogP contribution in [-0.2, 0) is 19.5 Å². The van der Waals surface area contributed by atoms with Crippen molar-refractivity contribution in [3.05, 3.63) is 70.9 Å². The molecule has 1 aromatic heterocycles. The molecular weight excluding hydrogens is 256 g/mol. The number of hydrogen-bond donors (Lipinski definition) is 1. The number of rotatable bonds is 2. The van der Waals surface area contributed by atoms with Crippen LogP contribution in [0.3, 0.4) is 0 Å². The zero-order chi connectivity index (χ0) is 14.2. The molecule has 106 valence electrons. The normalized spacial score (nSPS) is 14.3. The van der Waals surface area contributed by atoms with Crippen molar-refractivity contribution < 1.29 is 0 Å². The Morgan fingerprint density at radius 3 is 2.81 bits per heavy atom. The van der Waals surface area contributed by atoms with E-state index in [4.69, 9.17) is 0 Å². The van der Waals surface area contributed by atoms with Gasteiger partial charge in [-0.3, -0.25) is 0 Å². The van der Waals surface area contributed by atoms with Crippen molar-refractivity contribution >= 4 is 10.9 Å². The minimum Gasteiger partial charge on any atom is -0.340 e. The maximum absolute atomic E-state index is 3.52. The summed E-state index contributed by atoms with van der Waals surface area (Å²) in [7, 11) is 0. The molecule has 2 aromatic carbocycles. The van der Waals surface area contributed by atoms with Crippen LogP contribution >= 0.6 is 0 Å². The number of benzene rings is 2. The van der Waals surface area contributed by atoms with Gasteiger partial charge in [-0.05, 0) is 30.2 Å². The molecule has 1 N–H and O–H groups in total. The Morgan fingerprint density at radius 1 is 1.10 bits per heavy atom. The molecular formula is C19H20N2. The Morgan fingerprint density at radius 2 is 1.95 bits per heavy atom. The summed E-state index contributed by atoms with van der Waals surface area (Å²) in [5, 5.41) is 4.94. The van der Waals surface area contributed by atoms with E-state index < -0.39 is 0 Å². The lowest BCUT2D eigenvalue weighted by molar-refractivity contribution is 0.612. The minimum absolute atomic E-state index is 0.968. The van der Waals surface area contributed by atoms with Gasteiger partial charge in [0.05, 0.1) is 0 Å². The fourth-order valence-corrected chi connectivity index (χ4v) is 3.44. The van der Waals surface area contributed by atoms with E-state index in [1.807, 2.05) is 0 Å². The van der Waals surface area contributed by atoms with Crippen LogP contribution in [0.15, 0.2) is 48.5 Å². The maximum Gasteiger partial charge on any atom is 0.0489 e. The second-order valence-corrected chi connectivity index (χ2v) is 5.94. The van der Waals surface area contributed by atoms with Crippen molar-refractivity contribution in [2.75, 3.05) is 6.54 Å². The van der Waals surface area contributed by atoms with Gasteiger partial charge in [0, 0.05) is 42.7 Å². The molecule has 0 saturated heterocycles. The molecule has 2 nitrogen and oxygen atoms in total. The largest absolute Gasteiger partial charge is 0.340 e. The summed E-state index contributed by atoms with van der Waals surface area (Å²) in [6.07, 6.45) is 1.12. The van der Waals surface area contributed by atoms with Crippen LogP contribution in [0.2, 0.25) is 0 Å². The molecule has 2 heteroatoms. The molecule has 0 aliphatic carbocycles. The summed E-state index contributed by atoms with van der Waals surface area (Å²) >= 11 is 0. The van der Waals surface area contributed by atoms with Crippen LogP contribution in [0.5, 0.6) is 0 Å². The minimum atomic E-state index is 0.968. The van der Waals surface area contributed by atoms with Gasteiger partial charge >= 0.3 is 0 Å². The van der Waals surface area contributed by atoms with Crippen molar-refractivity contribution in [3.63, 3.8) is 0 Å². The number of nitrogens with one attached hydrogen (secondary N) is 1. The summed E-state index contributed by atoms with van der Waals surface area (Å²) < 4.78 is 2.51. The molecule has 0 amide bonds. The quantitative estimate of drug-likeness (QED) is 0.756. The first-order valence-corrected chi connectivity index (χ1v) is 7.68. The second-order valence-electron chi connectivity index (χ2n) is 5.94. The second kappa shape index (κ2) is 5.05. The molecule has 4 rings (SSSR count). The number of nitrogens with zero attached hydrogens (tertiary/aromatic N) is 1. The summed E-state index contributed by atoms with van der Waals surface area (Å²) in [6.45, 7) is 5.22. The smallest absolute Gasteiger partial charge is 0.0489 e. The average molecular weight is 276 g/mol. The molecule has 0 unspecified atom stereocenters. The highest BCUT2D eigenvalue weighted by molar-refractivity contribution is 5.86. The predicted octanol–water partition coefficient (Wildman–Crippen LogP) is 3.64. The number of aromatic nitrogens is 1. The van der Waals surface area contributed by atoms with Crippen LogP contribution in [-0.4, -0.2) is 11.1 Å². The van der Waals surface area contributed by atoms with E-state index in [0.717, 1.165) is 26.1 Å². The molecule has 1 aliphatic rings. The van der Waals surface area contributed by atoms with Gasteiger partial charge in [0.25, 0.3) is 0 Å². The van der Waals surface area contributed by atoms with Crippen LogP contribution in [0.4, 0.5) is 0 Å². The van der Waals surface area contributed by atoms with E-state index in [1.165, 1.54) is 33.3 Å². The monoisotopic (exact) mass is 276 g/mol. The molecule has 0 saturated carbocycles. The van der Waals surface area contributed by atoms with Gasteiger partial charge in [-0.25, -0.2) is 0 Å². The number of aryl methyl sites for hydroxylation is 1. The summed E-state index contributed by atoms with van der Waals surface area (Å²) in [6, 6.07) is 17.6. The van der Waals surface area contributed by atoms with Gasteiger partial charge < -0.3 is 9.88 Å². The highest BCUT2D eigenvalue weighted by Crippen LogP contribution is 2.30. The van der Waals surface area contributed by atoms with E-state index >= 15 is 0 Å². The van der Waals surface area contributed by atoms with Gasteiger partial charge in [-0.1, -0.05) is 42.0 Å². The van der Waals surface area contributed by atoms with Crippen LogP contribution in [0.25, 0.3) is 10.9 Å². The number of hydrogen-bond acceptors (Lipinski definition) is 1. The fourth-order valence-electron chi connectivity index (χ4n) is 3.44. The van der Waals surface area contributed by atoms with E-state index in [0.29, 0.717) is 0 Å². The Balaban J connectivity index is 1.91. The van der Waals surface area contributed by atoms with Gasteiger partial charge in [0.2, 0.25) is 0 Å². The topological polar surface area (TPSA) is 17.0 Å². The van der Waals surface area contributed by atoms with Gasteiger partial charge in [-0.2, -0.15) is 0 Å². The lowest BCUT2D eigenvalue weighted by atomic mass is 10.0. The maximum atomic E-state index is 3.52. The van der Waals surface area contributed by atoms with Crippen molar-refractivity contribution in [2.45, 2.75) is 26.4 Å². The highest BCUT2D eigenvalue weighted by Gasteiger charge is 2.19. The van der Waals surface area contributed by atoms with Gasteiger partial charge in [0.1, 0.15) is 0 Å². The molecule has 0 atom stereocenters. The molecule has 0 radical (unpaired) electrons. The van der Waals surface area contributed by atoms with Crippen LogP contribution in [0.1, 0.15) is 22.4 Å². The molecule has 0 spiro atoms. The Labute approximate surface area is 125 Å². The van der Waals surface area contributed by atoms with Gasteiger partial charge in [-0.15, -0.1) is 0 Å².